The van der Waals surface area contributed by atoms with Gasteiger partial charge in [-0.15, -0.1) is 0 Å². The molecular formula is C22H14BrNO. The summed E-state index contributed by atoms with van der Waals surface area (Å²) in [5.41, 5.74) is 4.65. The highest BCUT2D eigenvalue weighted by Crippen LogP contribution is 2.35. The molecule has 2 nitrogen and oxygen atoms in total. The molecule has 5 aromatic rings. The van der Waals surface area contributed by atoms with E-state index in [4.69, 9.17) is 4.42 Å². The Bertz CT molecular complexity index is 1200. The maximum atomic E-state index is 5.73. The van der Waals surface area contributed by atoms with E-state index < -0.39 is 0 Å². The van der Waals surface area contributed by atoms with Gasteiger partial charge < -0.3 is 8.98 Å². The van der Waals surface area contributed by atoms with Gasteiger partial charge in [0.05, 0.1) is 11.0 Å². The highest BCUT2D eigenvalue weighted by Gasteiger charge is 2.13. The minimum atomic E-state index is 0.745. The zero-order valence-corrected chi connectivity index (χ0v) is 14.9. The molecule has 0 aliphatic heterocycles. The number of benzene rings is 3. The van der Waals surface area contributed by atoms with Crippen LogP contribution in [-0.4, -0.2) is 4.57 Å². The van der Waals surface area contributed by atoms with Crippen LogP contribution in [0.15, 0.2) is 94.0 Å². The van der Waals surface area contributed by atoms with Crippen LogP contribution in [0.5, 0.6) is 0 Å². The fourth-order valence-corrected chi connectivity index (χ4v) is 3.76. The number of para-hydroxylation sites is 2. The van der Waals surface area contributed by atoms with Crippen molar-refractivity contribution in [1.82, 2.24) is 4.57 Å². The van der Waals surface area contributed by atoms with E-state index in [2.05, 4.69) is 87.2 Å². The lowest BCUT2D eigenvalue weighted by Gasteiger charge is -2.07. The third-order valence-electron chi connectivity index (χ3n) is 4.54. The lowest BCUT2D eigenvalue weighted by Crippen LogP contribution is -1.92. The fourth-order valence-electron chi connectivity index (χ4n) is 3.45. The molecule has 0 bridgehead atoms. The van der Waals surface area contributed by atoms with Crippen molar-refractivity contribution in [2.45, 2.75) is 0 Å². The monoisotopic (exact) mass is 387 g/mol. The highest BCUT2D eigenvalue weighted by atomic mass is 79.9. The predicted octanol–water partition coefficient (Wildman–Crippen LogP) is 6.81. The van der Waals surface area contributed by atoms with Gasteiger partial charge in [-0.25, -0.2) is 0 Å². The molecule has 0 aliphatic rings. The smallest absolute Gasteiger partial charge is 0.169 e. The lowest BCUT2D eigenvalue weighted by molar-refractivity contribution is 0.556. The molecule has 120 valence electrons. The Labute approximate surface area is 153 Å². The van der Waals surface area contributed by atoms with Crippen molar-refractivity contribution >= 4 is 37.7 Å². The summed E-state index contributed by atoms with van der Waals surface area (Å²) in [5, 5.41) is 2.47. The number of hydrogen-bond donors (Lipinski definition) is 0. The minimum Gasteiger partial charge on any atom is -0.449 e. The van der Waals surface area contributed by atoms with Crippen LogP contribution in [0.1, 0.15) is 0 Å². The van der Waals surface area contributed by atoms with Crippen LogP contribution in [0.4, 0.5) is 0 Å². The molecule has 3 heteroatoms. The molecule has 0 radical (unpaired) electrons. The first-order chi connectivity index (χ1) is 12.3. The van der Waals surface area contributed by atoms with Crippen LogP contribution in [0.3, 0.4) is 0 Å². The molecule has 3 aromatic carbocycles. The third kappa shape index (κ3) is 2.31. The van der Waals surface area contributed by atoms with Gasteiger partial charge in [0.15, 0.2) is 4.67 Å². The Kier molecular flexibility index (Phi) is 3.28. The first-order valence-electron chi connectivity index (χ1n) is 8.15. The van der Waals surface area contributed by atoms with Gasteiger partial charge in [-0.2, -0.15) is 0 Å². The molecule has 0 saturated carbocycles. The Morgan fingerprint density at radius 3 is 2.24 bits per heavy atom. The standard InChI is InChI=1S/C22H14BrNO/c23-22-13-12-21(25-22)15-10-11-20-18(14-15)17-8-4-5-9-19(17)24(20)16-6-2-1-3-7-16/h1-14H. The van der Waals surface area contributed by atoms with Crippen molar-refractivity contribution in [3.05, 3.63) is 89.6 Å². The summed E-state index contributed by atoms with van der Waals surface area (Å²) in [4.78, 5) is 0. The van der Waals surface area contributed by atoms with Crippen molar-refractivity contribution < 1.29 is 4.42 Å². The van der Waals surface area contributed by atoms with Crippen molar-refractivity contribution in [2.75, 3.05) is 0 Å². The number of fused-ring (bicyclic) bond motifs is 3. The number of furan rings is 1. The Morgan fingerprint density at radius 1 is 0.680 bits per heavy atom. The molecule has 2 aromatic heterocycles. The lowest BCUT2D eigenvalue weighted by atomic mass is 10.1. The molecule has 0 saturated heterocycles. The van der Waals surface area contributed by atoms with Gasteiger partial charge in [0.25, 0.3) is 0 Å². The molecule has 5 rings (SSSR count). The molecule has 0 fully saturated rings. The highest BCUT2D eigenvalue weighted by molar-refractivity contribution is 9.10. The molecule has 2 heterocycles. The van der Waals surface area contributed by atoms with Crippen LogP contribution in [-0.2, 0) is 0 Å². The minimum absolute atomic E-state index is 0.745. The normalized spacial score (nSPS) is 11.4. The van der Waals surface area contributed by atoms with Gasteiger partial charge in [-0.1, -0.05) is 36.4 Å². The zero-order valence-electron chi connectivity index (χ0n) is 13.3. The van der Waals surface area contributed by atoms with Gasteiger partial charge in [-0.3, -0.25) is 0 Å². The number of hydrogen-bond acceptors (Lipinski definition) is 1. The summed E-state index contributed by atoms with van der Waals surface area (Å²) in [6.07, 6.45) is 0. The topological polar surface area (TPSA) is 18.1 Å². The Morgan fingerprint density at radius 2 is 1.44 bits per heavy atom. The maximum Gasteiger partial charge on any atom is 0.169 e. The van der Waals surface area contributed by atoms with Crippen LogP contribution in [0, 0.1) is 0 Å². The quantitative estimate of drug-likeness (QED) is 0.325. The third-order valence-corrected chi connectivity index (χ3v) is 4.97. The van der Waals surface area contributed by atoms with Crippen LogP contribution >= 0.6 is 15.9 Å². The second-order valence-electron chi connectivity index (χ2n) is 6.02. The Balaban J connectivity index is 1.85. The molecule has 0 atom stereocenters. The van der Waals surface area contributed by atoms with E-state index in [1.165, 1.54) is 27.5 Å². The van der Waals surface area contributed by atoms with E-state index >= 15 is 0 Å². The van der Waals surface area contributed by atoms with Gasteiger partial charge in [-0.05, 0) is 64.5 Å². The van der Waals surface area contributed by atoms with Crippen molar-refractivity contribution in [2.24, 2.45) is 0 Å². The summed E-state index contributed by atoms with van der Waals surface area (Å²) < 4.78 is 8.79. The SMILES string of the molecule is Brc1ccc(-c2ccc3c(c2)c2ccccc2n3-c2ccccc2)o1. The van der Waals surface area contributed by atoms with Gasteiger partial charge in [0.1, 0.15) is 5.76 Å². The molecule has 0 N–H and O–H groups in total. The second-order valence-corrected chi connectivity index (χ2v) is 6.81. The molecule has 0 unspecified atom stereocenters. The van der Waals surface area contributed by atoms with Gasteiger partial charge >= 0.3 is 0 Å². The fraction of sp³-hybridized carbons (Fsp3) is 0. The van der Waals surface area contributed by atoms with Crippen LogP contribution in [0.2, 0.25) is 0 Å². The van der Waals surface area contributed by atoms with Crippen LogP contribution in [0.25, 0.3) is 38.8 Å². The van der Waals surface area contributed by atoms with E-state index in [1.807, 2.05) is 18.2 Å². The predicted molar refractivity (Wildman–Crippen MR) is 106 cm³/mol. The van der Waals surface area contributed by atoms with Crippen molar-refractivity contribution in [3.63, 3.8) is 0 Å². The second kappa shape index (κ2) is 5.64. The first-order valence-corrected chi connectivity index (χ1v) is 8.95. The van der Waals surface area contributed by atoms with Crippen molar-refractivity contribution in [3.8, 4) is 17.0 Å². The molecule has 0 amide bonds. The van der Waals surface area contributed by atoms with E-state index in [0.717, 1.165) is 16.0 Å². The summed E-state index contributed by atoms with van der Waals surface area (Å²) in [5.74, 6) is 0.866. The number of nitrogens with zero attached hydrogens (tertiary/aromatic N) is 1. The van der Waals surface area contributed by atoms with E-state index in [1.54, 1.807) is 0 Å². The first kappa shape index (κ1) is 14.6. The van der Waals surface area contributed by atoms with Crippen LogP contribution < -0.4 is 0 Å². The molecule has 0 spiro atoms. The van der Waals surface area contributed by atoms with Crippen molar-refractivity contribution in [1.29, 1.82) is 0 Å². The average molecular weight is 388 g/mol. The number of aromatic nitrogens is 1. The molecular weight excluding hydrogens is 374 g/mol. The summed E-state index contributed by atoms with van der Waals surface area (Å²) in [6.45, 7) is 0. The number of halogens is 1. The van der Waals surface area contributed by atoms with Gasteiger partial charge in [0, 0.05) is 22.0 Å². The van der Waals surface area contributed by atoms with E-state index in [0.29, 0.717) is 0 Å². The summed E-state index contributed by atoms with van der Waals surface area (Å²) in [7, 11) is 0. The molecule has 0 aliphatic carbocycles. The van der Waals surface area contributed by atoms with E-state index in [-0.39, 0.29) is 0 Å². The summed E-state index contributed by atoms with van der Waals surface area (Å²) >= 11 is 3.38. The zero-order chi connectivity index (χ0) is 16.8. The maximum absolute atomic E-state index is 5.73. The van der Waals surface area contributed by atoms with E-state index in [9.17, 15) is 0 Å². The number of rotatable bonds is 2. The van der Waals surface area contributed by atoms with Gasteiger partial charge in [0.2, 0.25) is 0 Å². The average Bonchev–Trinajstić information content (AvgIpc) is 3.23. The summed E-state index contributed by atoms with van der Waals surface area (Å²) in [6, 6.07) is 29.4. The Hall–Kier alpha value is -2.78. The molecule has 25 heavy (non-hydrogen) atoms. The largest absolute Gasteiger partial charge is 0.449 e.